The van der Waals surface area contributed by atoms with Crippen molar-refractivity contribution in [2.24, 2.45) is 5.92 Å². The van der Waals surface area contributed by atoms with Gasteiger partial charge < -0.3 is 14.2 Å². The molecule has 0 amide bonds. The standard InChI is InChI=1S/C17H21ClN2O4/c1-5-11(8-10(2)17(21)23-4)24-16-15(18)19-13-7-6-12(22-3)9-14(13)20-16/h6-7,9-11H,5,8H2,1-4H3/t10-,11?/m0/s1. The Hall–Kier alpha value is -2.08. The number of methoxy groups -OCH3 is 2. The van der Waals surface area contributed by atoms with E-state index in [1.54, 1.807) is 32.2 Å². The van der Waals surface area contributed by atoms with E-state index in [1.165, 1.54) is 7.11 Å². The predicted molar refractivity (Wildman–Crippen MR) is 91.6 cm³/mol. The summed E-state index contributed by atoms with van der Waals surface area (Å²) in [7, 11) is 2.96. The first-order valence-corrected chi connectivity index (χ1v) is 8.12. The number of halogens is 1. The normalized spacial score (nSPS) is 13.4. The van der Waals surface area contributed by atoms with E-state index in [0.29, 0.717) is 29.6 Å². The fourth-order valence-corrected chi connectivity index (χ4v) is 2.52. The van der Waals surface area contributed by atoms with Crippen molar-refractivity contribution in [3.8, 4) is 11.6 Å². The third-order valence-electron chi connectivity index (χ3n) is 3.75. The molecule has 1 aromatic heterocycles. The number of hydrogen-bond acceptors (Lipinski definition) is 6. The molecule has 0 saturated carbocycles. The molecule has 0 bridgehead atoms. The van der Waals surface area contributed by atoms with Crippen molar-refractivity contribution in [3.63, 3.8) is 0 Å². The van der Waals surface area contributed by atoms with Crippen molar-refractivity contribution in [1.29, 1.82) is 0 Å². The summed E-state index contributed by atoms with van der Waals surface area (Å²) in [6.07, 6.45) is 1.00. The van der Waals surface area contributed by atoms with Gasteiger partial charge in [0.25, 0.3) is 5.88 Å². The Balaban J connectivity index is 2.23. The summed E-state index contributed by atoms with van der Waals surface area (Å²) in [6, 6.07) is 5.35. The van der Waals surface area contributed by atoms with Crippen LogP contribution < -0.4 is 9.47 Å². The number of hydrogen-bond donors (Lipinski definition) is 0. The van der Waals surface area contributed by atoms with E-state index >= 15 is 0 Å². The number of nitrogens with zero attached hydrogens (tertiary/aromatic N) is 2. The van der Waals surface area contributed by atoms with E-state index in [2.05, 4.69) is 9.97 Å². The van der Waals surface area contributed by atoms with Crippen LogP contribution in [0, 0.1) is 5.92 Å². The van der Waals surface area contributed by atoms with Gasteiger partial charge in [0.1, 0.15) is 11.9 Å². The number of fused-ring (bicyclic) bond motifs is 1. The average Bonchev–Trinajstić information content (AvgIpc) is 2.60. The van der Waals surface area contributed by atoms with Gasteiger partial charge in [0.05, 0.1) is 31.2 Å². The molecular weight excluding hydrogens is 332 g/mol. The topological polar surface area (TPSA) is 70.5 Å². The lowest BCUT2D eigenvalue weighted by atomic mass is 10.0. The average molecular weight is 353 g/mol. The highest BCUT2D eigenvalue weighted by Crippen LogP contribution is 2.28. The Kier molecular flexibility index (Phi) is 6.20. The molecule has 2 rings (SSSR count). The molecule has 0 radical (unpaired) electrons. The van der Waals surface area contributed by atoms with Crippen LogP contribution in [-0.4, -0.2) is 36.3 Å². The zero-order valence-corrected chi connectivity index (χ0v) is 15.0. The van der Waals surface area contributed by atoms with Gasteiger partial charge >= 0.3 is 5.97 Å². The maximum Gasteiger partial charge on any atom is 0.308 e. The van der Waals surface area contributed by atoms with Crippen molar-refractivity contribution >= 4 is 28.6 Å². The molecule has 7 heteroatoms. The van der Waals surface area contributed by atoms with E-state index in [-0.39, 0.29) is 29.0 Å². The van der Waals surface area contributed by atoms with Crippen molar-refractivity contribution in [2.75, 3.05) is 14.2 Å². The summed E-state index contributed by atoms with van der Waals surface area (Å²) in [6.45, 7) is 3.77. The second kappa shape index (κ2) is 8.15. The lowest BCUT2D eigenvalue weighted by Crippen LogP contribution is -2.24. The zero-order chi connectivity index (χ0) is 17.7. The van der Waals surface area contributed by atoms with Crippen LogP contribution in [0.5, 0.6) is 11.6 Å². The molecule has 1 aromatic carbocycles. The smallest absolute Gasteiger partial charge is 0.308 e. The number of aromatic nitrogens is 2. The minimum atomic E-state index is -0.271. The maximum absolute atomic E-state index is 11.6. The Morgan fingerprint density at radius 3 is 2.62 bits per heavy atom. The molecule has 130 valence electrons. The minimum Gasteiger partial charge on any atom is -0.497 e. The summed E-state index contributed by atoms with van der Waals surface area (Å²) >= 11 is 6.18. The van der Waals surface area contributed by atoms with Gasteiger partial charge in [-0.3, -0.25) is 4.79 Å². The van der Waals surface area contributed by atoms with Gasteiger partial charge in [-0.05, 0) is 25.0 Å². The van der Waals surface area contributed by atoms with E-state index < -0.39 is 0 Å². The lowest BCUT2D eigenvalue weighted by Gasteiger charge is -2.20. The predicted octanol–water partition coefficient (Wildman–Crippen LogP) is 3.65. The van der Waals surface area contributed by atoms with Gasteiger partial charge in [0, 0.05) is 6.07 Å². The summed E-state index contributed by atoms with van der Waals surface area (Å²) < 4.78 is 15.8. The quantitative estimate of drug-likeness (QED) is 0.708. The molecule has 0 spiro atoms. The monoisotopic (exact) mass is 352 g/mol. The van der Waals surface area contributed by atoms with Gasteiger partial charge in [0.15, 0.2) is 5.15 Å². The van der Waals surface area contributed by atoms with Crippen molar-refractivity contribution in [1.82, 2.24) is 9.97 Å². The molecule has 1 unspecified atom stereocenters. The number of benzene rings is 1. The first kappa shape index (κ1) is 18.3. The SMILES string of the molecule is CCC(C[C@H](C)C(=O)OC)Oc1nc2cc(OC)ccc2nc1Cl. The molecule has 0 saturated heterocycles. The summed E-state index contributed by atoms with van der Waals surface area (Å²) in [5, 5.41) is 0.192. The van der Waals surface area contributed by atoms with Crippen LogP contribution in [0.2, 0.25) is 5.15 Å². The number of rotatable bonds is 7. The van der Waals surface area contributed by atoms with Crippen LogP contribution in [0.25, 0.3) is 11.0 Å². The van der Waals surface area contributed by atoms with E-state index in [1.807, 2.05) is 6.92 Å². The fourth-order valence-electron chi connectivity index (χ4n) is 2.35. The second-order valence-corrected chi connectivity index (χ2v) is 5.84. The van der Waals surface area contributed by atoms with E-state index in [9.17, 15) is 4.79 Å². The molecule has 0 aliphatic heterocycles. The Morgan fingerprint density at radius 1 is 1.25 bits per heavy atom. The Labute approximate surface area is 146 Å². The highest BCUT2D eigenvalue weighted by molar-refractivity contribution is 6.31. The molecule has 0 aliphatic rings. The van der Waals surface area contributed by atoms with E-state index in [0.717, 1.165) is 0 Å². The molecule has 2 aromatic rings. The van der Waals surface area contributed by atoms with Crippen molar-refractivity contribution in [2.45, 2.75) is 32.8 Å². The summed E-state index contributed by atoms with van der Waals surface area (Å²) in [4.78, 5) is 20.3. The molecule has 0 fully saturated rings. The highest BCUT2D eigenvalue weighted by atomic mass is 35.5. The number of carbonyl (C=O) groups is 1. The largest absolute Gasteiger partial charge is 0.497 e. The number of esters is 1. The first-order chi connectivity index (χ1) is 11.5. The number of carbonyl (C=O) groups excluding carboxylic acids is 1. The molecule has 6 nitrogen and oxygen atoms in total. The molecule has 0 N–H and O–H groups in total. The van der Waals surface area contributed by atoms with Crippen LogP contribution in [0.4, 0.5) is 0 Å². The Bertz CT molecular complexity index is 723. The first-order valence-electron chi connectivity index (χ1n) is 7.74. The highest BCUT2D eigenvalue weighted by Gasteiger charge is 2.21. The van der Waals surface area contributed by atoms with Crippen LogP contribution in [-0.2, 0) is 9.53 Å². The molecule has 0 aliphatic carbocycles. The summed E-state index contributed by atoms with van der Waals surface area (Å²) in [5.41, 5.74) is 1.29. The van der Waals surface area contributed by atoms with Crippen molar-refractivity contribution < 1.29 is 19.0 Å². The summed E-state index contributed by atoms with van der Waals surface area (Å²) in [5.74, 6) is 0.391. The van der Waals surface area contributed by atoms with Crippen LogP contribution in [0.3, 0.4) is 0 Å². The van der Waals surface area contributed by atoms with Gasteiger partial charge in [0.2, 0.25) is 0 Å². The fraction of sp³-hybridized carbons (Fsp3) is 0.471. The van der Waals surface area contributed by atoms with Gasteiger partial charge in [-0.25, -0.2) is 9.97 Å². The number of ether oxygens (including phenoxy) is 3. The second-order valence-electron chi connectivity index (χ2n) is 5.48. The lowest BCUT2D eigenvalue weighted by molar-refractivity contribution is -0.145. The van der Waals surface area contributed by atoms with E-state index in [4.69, 9.17) is 25.8 Å². The third kappa shape index (κ3) is 4.26. The van der Waals surface area contributed by atoms with Crippen LogP contribution >= 0.6 is 11.6 Å². The third-order valence-corrected chi connectivity index (χ3v) is 4.00. The van der Waals surface area contributed by atoms with Crippen LogP contribution in [0.15, 0.2) is 18.2 Å². The molecule has 24 heavy (non-hydrogen) atoms. The van der Waals surface area contributed by atoms with Crippen molar-refractivity contribution in [3.05, 3.63) is 23.4 Å². The minimum absolute atomic E-state index is 0.192. The maximum atomic E-state index is 11.6. The molecule has 2 atom stereocenters. The van der Waals surface area contributed by atoms with Gasteiger partial charge in [-0.15, -0.1) is 0 Å². The molecule has 1 heterocycles. The van der Waals surface area contributed by atoms with Gasteiger partial charge in [-0.1, -0.05) is 25.4 Å². The van der Waals surface area contributed by atoms with Gasteiger partial charge in [-0.2, -0.15) is 0 Å². The molecular formula is C17H21ClN2O4. The Morgan fingerprint density at radius 2 is 2.00 bits per heavy atom. The zero-order valence-electron chi connectivity index (χ0n) is 14.2. The van der Waals surface area contributed by atoms with Crippen LogP contribution in [0.1, 0.15) is 26.7 Å².